The van der Waals surface area contributed by atoms with Gasteiger partial charge in [-0.2, -0.15) is 0 Å². The normalized spacial score (nSPS) is 16.8. The summed E-state index contributed by atoms with van der Waals surface area (Å²) in [6.45, 7) is 9.04. The van der Waals surface area contributed by atoms with Crippen LogP contribution in [0.1, 0.15) is 24.2 Å². The van der Waals surface area contributed by atoms with Crippen LogP contribution in [0.25, 0.3) is 0 Å². The molecule has 0 aromatic heterocycles. The molecule has 5 heteroatoms. The summed E-state index contributed by atoms with van der Waals surface area (Å²) >= 11 is 9.33. The van der Waals surface area contributed by atoms with E-state index in [1.807, 2.05) is 4.90 Å². The topological polar surface area (TPSA) is 23.6 Å². The Morgan fingerprint density at radius 3 is 2.50 bits per heavy atom. The summed E-state index contributed by atoms with van der Waals surface area (Å²) in [5.74, 6) is 0.750. The molecule has 3 nitrogen and oxygen atoms in total. The van der Waals surface area contributed by atoms with Gasteiger partial charge in [0.05, 0.1) is 5.56 Å². The quantitative estimate of drug-likeness (QED) is 0.824. The molecular weight excluding hydrogens is 340 g/mol. The lowest BCUT2D eigenvalue weighted by atomic mass is 10.1. The van der Waals surface area contributed by atoms with Crippen molar-refractivity contribution in [2.45, 2.75) is 13.8 Å². The van der Waals surface area contributed by atoms with Gasteiger partial charge in [0.15, 0.2) is 0 Å². The predicted molar refractivity (Wildman–Crippen MR) is 86.3 cm³/mol. The molecule has 0 saturated carbocycles. The molecular formula is C15H20BrClN2O. The van der Waals surface area contributed by atoms with Gasteiger partial charge >= 0.3 is 0 Å². The van der Waals surface area contributed by atoms with Crippen molar-refractivity contribution in [1.82, 2.24) is 9.80 Å². The second-order valence-electron chi connectivity index (χ2n) is 5.61. The minimum absolute atomic E-state index is 0.0812. The summed E-state index contributed by atoms with van der Waals surface area (Å²) < 4.78 is 0.764. The highest BCUT2D eigenvalue weighted by molar-refractivity contribution is 9.10. The first-order chi connectivity index (χ1) is 9.47. The molecule has 1 aliphatic rings. The maximum Gasteiger partial charge on any atom is 0.255 e. The molecule has 1 heterocycles. The molecule has 0 N–H and O–H groups in total. The zero-order chi connectivity index (χ0) is 14.7. The van der Waals surface area contributed by atoms with Gasteiger partial charge in [-0.15, -0.1) is 0 Å². The van der Waals surface area contributed by atoms with E-state index in [2.05, 4.69) is 34.7 Å². The highest BCUT2D eigenvalue weighted by Crippen LogP contribution is 2.23. The van der Waals surface area contributed by atoms with E-state index in [9.17, 15) is 4.79 Å². The van der Waals surface area contributed by atoms with Gasteiger partial charge < -0.3 is 4.90 Å². The fourth-order valence-corrected chi connectivity index (χ4v) is 3.34. The third-order valence-corrected chi connectivity index (χ3v) is 4.34. The average molecular weight is 360 g/mol. The van der Waals surface area contributed by atoms with Gasteiger partial charge in [0.25, 0.3) is 5.91 Å². The number of halogens is 2. The van der Waals surface area contributed by atoms with Crippen LogP contribution in [0, 0.1) is 5.92 Å². The first-order valence-corrected chi connectivity index (χ1v) is 8.11. The average Bonchev–Trinajstić information content (AvgIpc) is 2.38. The molecule has 0 bridgehead atoms. The van der Waals surface area contributed by atoms with Crippen LogP contribution in [0.3, 0.4) is 0 Å². The number of piperazine rings is 1. The van der Waals surface area contributed by atoms with Crippen molar-refractivity contribution >= 4 is 33.4 Å². The minimum Gasteiger partial charge on any atom is -0.336 e. The van der Waals surface area contributed by atoms with E-state index in [1.165, 1.54) is 0 Å². The van der Waals surface area contributed by atoms with Crippen molar-refractivity contribution in [3.63, 3.8) is 0 Å². The Labute approximate surface area is 134 Å². The highest BCUT2D eigenvalue weighted by Gasteiger charge is 2.23. The van der Waals surface area contributed by atoms with Crippen molar-refractivity contribution < 1.29 is 4.79 Å². The number of carbonyl (C=O) groups is 1. The van der Waals surface area contributed by atoms with Gasteiger partial charge in [0.1, 0.15) is 0 Å². The van der Waals surface area contributed by atoms with Crippen molar-refractivity contribution in [1.29, 1.82) is 0 Å². The molecule has 1 aliphatic heterocycles. The Morgan fingerprint density at radius 2 is 1.95 bits per heavy atom. The Bertz CT molecular complexity index is 485. The van der Waals surface area contributed by atoms with Crippen LogP contribution >= 0.6 is 27.5 Å². The Balaban J connectivity index is 1.98. The summed E-state index contributed by atoms with van der Waals surface area (Å²) in [6, 6.07) is 5.31. The van der Waals surface area contributed by atoms with E-state index < -0.39 is 0 Å². The third-order valence-electron chi connectivity index (χ3n) is 3.44. The zero-order valence-corrected chi connectivity index (χ0v) is 14.2. The van der Waals surface area contributed by atoms with Crippen LogP contribution in [0.15, 0.2) is 22.7 Å². The monoisotopic (exact) mass is 358 g/mol. The molecule has 1 fully saturated rings. The van der Waals surface area contributed by atoms with Gasteiger partial charge in [0, 0.05) is 42.2 Å². The number of amides is 1. The van der Waals surface area contributed by atoms with Crippen LogP contribution in [-0.4, -0.2) is 48.4 Å². The highest BCUT2D eigenvalue weighted by atomic mass is 79.9. The molecule has 0 unspecified atom stereocenters. The number of benzene rings is 1. The molecule has 20 heavy (non-hydrogen) atoms. The van der Waals surface area contributed by atoms with Crippen LogP contribution < -0.4 is 0 Å². The van der Waals surface area contributed by atoms with Gasteiger partial charge in [-0.05, 0) is 40.0 Å². The second-order valence-corrected chi connectivity index (χ2v) is 6.90. The largest absolute Gasteiger partial charge is 0.336 e. The first-order valence-electron chi connectivity index (χ1n) is 6.94. The molecule has 0 radical (unpaired) electrons. The maximum atomic E-state index is 12.5. The summed E-state index contributed by atoms with van der Waals surface area (Å²) in [4.78, 5) is 16.8. The Hall–Kier alpha value is -0.580. The number of hydrogen-bond donors (Lipinski definition) is 0. The summed E-state index contributed by atoms with van der Waals surface area (Å²) in [7, 11) is 0. The molecule has 1 aromatic carbocycles. The van der Waals surface area contributed by atoms with Crippen molar-refractivity contribution in [3.05, 3.63) is 33.3 Å². The van der Waals surface area contributed by atoms with Crippen molar-refractivity contribution in [2.75, 3.05) is 32.7 Å². The predicted octanol–water partition coefficient (Wildman–Crippen LogP) is 3.52. The van der Waals surface area contributed by atoms with Crippen LogP contribution in [-0.2, 0) is 0 Å². The van der Waals surface area contributed by atoms with Crippen molar-refractivity contribution in [3.8, 4) is 0 Å². The lowest BCUT2D eigenvalue weighted by molar-refractivity contribution is 0.0623. The fraction of sp³-hybridized carbons (Fsp3) is 0.533. The van der Waals surface area contributed by atoms with Crippen LogP contribution in [0.4, 0.5) is 0 Å². The van der Waals surface area contributed by atoms with E-state index in [4.69, 9.17) is 11.6 Å². The van der Waals surface area contributed by atoms with Gasteiger partial charge in [0.2, 0.25) is 0 Å². The van der Waals surface area contributed by atoms with E-state index >= 15 is 0 Å². The molecule has 1 aromatic rings. The summed E-state index contributed by atoms with van der Waals surface area (Å²) in [5.41, 5.74) is 0.687. The SMILES string of the molecule is CC(C)CN1CCN(C(=O)c2ccc(Cl)cc2Br)CC1. The molecule has 1 saturated heterocycles. The molecule has 0 spiro atoms. The van der Waals surface area contributed by atoms with E-state index in [1.54, 1.807) is 18.2 Å². The molecule has 110 valence electrons. The van der Waals surface area contributed by atoms with E-state index in [0.717, 1.165) is 37.2 Å². The zero-order valence-electron chi connectivity index (χ0n) is 11.9. The minimum atomic E-state index is 0.0812. The molecule has 2 rings (SSSR count). The second kappa shape index (κ2) is 6.92. The third kappa shape index (κ3) is 3.96. The van der Waals surface area contributed by atoms with Crippen LogP contribution in [0.5, 0.6) is 0 Å². The number of hydrogen-bond acceptors (Lipinski definition) is 2. The first kappa shape index (κ1) is 15.8. The lowest BCUT2D eigenvalue weighted by Crippen LogP contribution is -2.49. The van der Waals surface area contributed by atoms with E-state index in [-0.39, 0.29) is 5.91 Å². The lowest BCUT2D eigenvalue weighted by Gasteiger charge is -2.35. The van der Waals surface area contributed by atoms with Crippen molar-refractivity contribution in [2.24, 2.45) is 5.92 Å². The van der Waals surface area contributed by atoms with Gasteiger partial charge in [-0.25, -0.2) is 0 Å². The van der Waals surface area contributed by atoms with Gasteiger partial charge in [-0.1, -0.05) is 25.4 Å². The summed E-state index contributed by atoms with van der Waals surface area (Å²) in [6.07, 6.45) is 0. The Morgan fingerprint density at radius 1 is 1.30 bits per heavy atom. The number of rotatable bonds is 3. The smallest absolute Gasteiger partial charge is 0.255 e. The number of carbonyl (C=O) groups excluding carboxylic acids is 1. The number of nitrogens with zero attached hydrogens (tertiary/aromatic N) is 2. The fourth-order valence-electron chi connectivity index (χ4n) is 2.48. The van der Waals surface area contributed by atoms with Gasteiger partial charge in [-0.3, -0.25) is 9.69 Å². The molecule has 0 aliphatic carbocycles. The standard InChI is InChI=1S/C15H20BrClN2O/c1-11(2)10-18-5-7-19(8-6-18)15(20)13-4-3-12(17)9-14(13)16/h3-4,9,11H,5-8,10H2,1-2H3. The maximum absolute atomic E-state index is 12.5. The summed E-state index contributed by atoms with van der Waals surface area (Å²) in [5, 5.41) is 0.634. The Kier molecular flexibility index (Phi) is 5.47. The molecule has 0 atom stereocenters. The van der Waals surface area contributed by atoms with Crippen LogP contribution in [0.2, 0.25) is 5.02 Å². The molecule has 1 amide bonds. The van der Waals surface area contributed by atoms with E-state index in [0.29, 0.717) is 16.5 Å².